The molecular weight excluding hydrogens is 342 g/mol. The molecule has 2 atom stereocenters. The number of alkyl halides is 1. The van der Waals surface area contributed by atoms with Gasteiger partial charge in [0.2, 0.25) is 0 Å². The molecule has 0 aromatic heterocycles. The maximum atomic E-state index is 12.0. The molecule has 0 radical (unpaired) electrons. The summed E-state index contributed by atoms with van der Waals surface area (Å²) in [5.74, 6) is -0.512. The summed E-state index contributed by atoms with van der Waals surface area (Å²) in [6.07, 6.45) is 0. The second kappa shape index (κ2) is 5.19. The quantitative estimate of drug-likeness (QED) is 0.822. The average Bonchev–Trinajstić information content (AvgIpc) is 2.52. The van der Waals surface area contributed by atoms with E-state index in [1.807, 2.05) is 0 Å². The van der Waals surface area contributed by atoms with E-state index in [9.17, 15) is 13.2 Å². The third kappa shape index (κ3) is 3.05. The van der Waals surface area contributed by atoms with Crippen LogP contribution in [0.2, 0.25) is 0 Å². The van der Waals surface area contributed by atoms with Crippen molar-refractivity contribution in [2.75, 3.05) is 11.5 Å². The van der Waals surface area contributed by atoms with E-state index in [4.69, 9.17) is 11.6 Å². The van der Waals surface area contributed by atoms with Crippen LogP contribution in [0.1, 0.15) is 10.4 Å². The van der Waals surface area contributed by atoms with Crippen LogP contribution in [-0.2, 0) is 9.84 Å². The smallest absolute Gasteiger partial charge is 0.252 e. The van der Waals surface area contributed by atoms with Crippen LogP contribution in [0.4, 0.5) is 0 Å². The molecule has 1 aliphatic rings. The van der Waals surface area contributed by atoms with Gasteiger partial charge in [-0.25, -0.2) is 8.42 Å². The maximum absolute atomic E-state index is 12.0. The van der Waals surface area contributed by atoms with Gasteiger partial charge in [0.1, 0.15) is 0 Å². The fourth-order valence-electron chi connectivity index (χ4n) is 1.83. The predicted molar refractivity (Wildman–Crippen MR) is 73.7 cm³/mol. The molecular formula is C11H11BrClNO3S. The van der Waals surface area contributed by atoms with Gasteiger partial charge in [-0.05, 0) is 28.1 Å². The molecule has 7 heteroatoms. The highest BCUT2D eigenvalue weighted by atomic mass is 79.9. The normalized spacial score (nSPS) is 25.9. The Balaban J connectivity index is 2.12. The maximum Gasteiger partial charge on any atom is 0.252 e. The fourth-order valence-corrected chi connectivity index (χ4v) is 4.84. The number of carbonyl (C=O) groups is 1. The first kappa shape index (κ1) is 13.8. The topological polar surface area (TPSA) is 63.2 Å². The lowest BCUT2D eigenvalue weighted by molar-refractivity contribution is 0.0941. The molecule has 18 heavy (non-hydrogen) atoms. The highest BCUT2D eigenvalue weighted by Crippen LogP contribution is 2.20. The Labute approximate surface area is 119 Å². The number of sulfone groups is 1. The molecule has 1 fully saturated rings. The number of nitrogens with one attached hydrogen (secondary N) is 1. The Hall–Kier alpha value is -0.590. The van der Waals surface area contributed by atoms with Crippen LogP contribution in [0.3, 0.4) is 0 Å². The summed E-state index contributed by atoms with van der Waals surface area (Å²) in [4.78, 5) is 12.0. The summed E-state index contributed by atoms with van der Waals surface area (Å²) in [5, 5.41) is 2.09. The van der Waals surface area contributed by atoms with Gasteiger partial charge in [-0.3, -0.25) is 4.79 Å². The first-order chi connectivity index (χ1) is 8.39. The zero-order chi connectivity index (χ0) is 13.3. The lowest BCUT2D eigenvalue weighted by Gasteiger charge is -2.14. The Morgan fingerprint density at radius 1 is 1.33 bits per heavy atom. The minimum absolute atomic E-state index is 0.0878. The van der Waals surface area contributed by atoms with E-state index >= 15 is 0 Å². The highest BCUT2D eigenvalue weighted by Gasteiger charge is 2.37. The van der Waals surface area contributed by atoms with Crippen LogP contribution in [0.5, 0.6) is 0 Å². The molecule has 1 aromatic carbocycles. The first-order valence-electron chi connectivity index (χ1n) is 5.29. The van der Waals surface area contributed by atoms with Crippen molar-refractivity contribution in [3.8, 4) is 0 Å². The van der Waals surface area contributed by atoms with Gasteiger partial charge in [0, 0.05) is 4.47 Å². The molecule has 1 aromatic rings. The van der Waals surface area contributed by atoms with E-state index in [0.717, 1.165) is 0 Å². The molecule has 0 saturated carbocycles. The Bertz CT molecular complexity index is 575. The molecule has 1 amide bonds. The summed E-state index contributed by atoms with van der Waals surface area (Å²) >= 11 is 9.20. The molecule has 1 heterocycles. The summed E-state index contributed by atoms with van der Waals surface area (Å²) in [6, 6.07) is 6.41. The number of rotatable bonds is 2. The Kier molecular flexibility index (Phi) is 3.99. The molecule has 4 nitrogen and oxygen atoms in total. The lowest BCUT2D eigenvalue weighted by Crippen LogP contribution is -2.40. The van der Waals surface area contributed by atoms with E-state index in [0.29, 0.717) is 10.0 Å². The number of hydrogen-bond acceptors (Lipinski definition) is 3. The standard InChI is InChI=1S/C11H11BrClNO3S/c12-8-4-2-1-3-7(8)11(15)14-10-6-18(16,17)5-9(10)13/h1-4,9-10H,5-6H2,(H,14,15). The van der Waals surface area contributed by atoms with Crippen molar-refractivity contribution in [3.63, 3.8) is 0 Å². The molecule has 2 unspecified atom stereocenters. The van der Waals surface area contributed by atoms with Crippen molar-refractivity contribution in [2.45, 2.75) is 11.4 Å². The van der Waals surface area contributed by atoms with Gasteiger partial charge in [-0.1, -0.05) is 12.1 Å². The van der Waals surface area contributed by atoms with Gasteiger partial charge < -0.3 is 5.32 Å². The minimum Gasteiger partial charge on any atom is -0.347 e. The number of carbonyl (C=O) groups excluding carboxylic acids is 1. The van der Waals surface area contributed by atoms with Crippen molar-refractivity contribution in [2.24, 2.45) is 0 Å². The molecule has 2 rings (SSSR count). The van der Waals surface area contributed by atoms with Crippen LogP contribution in [-0.4, -0.2) is 37.2 Å². The van der Waals surface area contributed by atoms with E-state index in [2.05, 4.69) is 21.2 Å². The summed E-state index contributed by atoms with van der Waals surface area (Å²) < 4.78 is 23.4. The lowest BCUT2D eigenvalue weighted by atomic mass is 10.2. The van der Waals surface area contributed by atoms with Gasteiger partial charge in [0.25, 0.3) is 5.91 Å². The largest absolute Gasteiger partial charge is 0.347 e. The van der Waals surface area contributed by atoms with Gasteiger partial charge in [-0.15, -0.1) is 11.6 Å². The zero-order valence-electron chi connectivity index (χ0n) is 9.27. The molecule has 0 spiro atoms. The second-order valence-corrected chi connectivity index (χ2v) is 7.72. The zero-order valence-corrected chi connectivity index (χ0v) is 12.4. The SMILES string of the molecule is O=C(NC1CS(=O)(=O)CC1Cl)c1ccccc1Br. The summed E-state index contributed by atoms with van der Waals surface area (Å²) in [5.41, 5.74) is 0.464. The number of halogens is 2. The van der Waals surface area contributed by atoms with Crippen LogP contribution < -0.4 is 5.32 Å². The monoisotopic (exact) mass is 351 g/mol. The molecule has 1 N–H and O–H groups in total. The molecule has 0 aliphatic carbocycles. The highest BCUT2D eigenvalue weighted by molar-refractivity contribution is 9.10. The van der Waals surface area contributed by atoms with Gasteiger partial charge >= 0.3 is 0 Å². The summed E-state index contributed by atoms with van der Waals surface area (Å²) in [6.45, 7) is 0. The number of benzene rings is 1. The van der Waals surface area contributed by atoms with Crippen molar-refractivity contribution in [1.29, 1.82) is 0 Å². The average molecular weight is 353 g/mol. The van der Waals surface area contributed by atoms with Gasteiger partial charge in [0.15, 0.2) is 9.84 Å². The Morgan fingerprint density at radius 2 is 2.00 bits per heavy atom. The fraction of sp³-hybridized carbons (Fsp3) is 0.364. The van der Waals surface area contributed by atoms with Crippen LogP contribution in [0, 0.1) is 0 Å². The van der Waals surface area contributed by atoms with Crippen molar-refractivity contribution < 1.29 is 13.2 Å². The summed E-state index contributed by atoms with van der Waals surface area (Å²) in [7, 11) is -3.14. The second-order valence-electron chi connectivity index (χ2n) is 4.15. The number of amides is 1. The third-order valence-corrected chi connectivity index (χ3v) is 5.79. The van der Waals surface area contributed by atoms with E-state index < -0.39 is 21.3 Å². The third-order valence-electron chi connectivity index (χ3n) is 2.72. The Morgan fingerprint density at radius 3 is 2.56 bits per heavy atom. The first-order valence-corrected chi connectivity index (χ1v) is 8.34. The van der Waals surface area contributed by atoms with Crippen molar-refractivity contribution in [3.05, 3.63) is 34.3 Å². The van der Waals surface area contributed by atoms with Crippen LogP contribution >= 0.6 is 27.5 Å². The molecule has 98 valence electrons. The van der Waals surface area contributed by atoms with Gasteiger partial charge in [0.05, 0.1) is 28.5 Å². The van der Waals surface area contributed by atoms with E-state index in [-0.39, 0.29) is 17.4 Å². The van der Waals surface area contributed by atoms with Crippen LogP contribution in [0.25, 0.3) is 0 Å². The molecule has 0 bridgehead atoms. The van der Waals surface area contributed by atoms with E-state index in [1.165, 1.54) is 0 Å². The molecule has 1 aliphatic heterocycles. The van der Waals surface area contributed by atoms with Crippen molar-refractivity contribution in [1.82, 2.24) is 5.32 Å². The minimum atomic E-state index is -3.14. The number of hydrogen-bond donors (Lipinski definition) is 1. The van der Waals surface area contributed by atoms with Gasteiger partial charge in [-0.2, -0.15) is 0 Å². The van der Waals surface area contributed by atoms with E-state index in [1.54, 1.807) is 24.3 Å². The van der Waals surface area contributed by atoms with Crippen LogP contribution in [0.15, 0.2) is 28.7 Å². The molecule has 1 saturated heterocycles. The van der Waals surface area contributed by atoms with Crippen molar-refractivity contribution >= 4 is 43.3 Å². The predicted octanol–water partition coefficient (Wildman–Crippen LogP) is 1.58.